The number of aromatic nitrogens is 2. The molecule has 4 nitrogen and oxygen atoms in total. The molecule has 0 fully saturated rings. The largest absolute Gasteiger partial charge is 0.383 e. The summed E-state index contributed by atoms with van der Waals surface area (Å²) in [6.45, 7) is 9.20. The van der Waals surface area contributed by atoms with Crippen molar-refractivity contribution in [2.45, 2.75) is 46.5 Å². The van der Waals surface area contributed by atoms with Gasteiger partial charge in [0.25, 0.3) is 0 Å². The zero-order chi connectivity index (χ0) is 12.1. The SMILES string of the molecule is CCCCNc1nc(C(C)C)nc(N)c1C. The highest BCUT2D eigenvalue weighted by molar-refractivity contribution is 5.54. The van der Waals surface area contributed by atoms with E-state index in [0.717, 1.165) is 30.2 Å². The summed E-state index contributed by atoms with van der Waals surface area (Å²) in [5.41, 5.74) is 6.82. The maximum atomic E-state index is 5.87. The van der Waals surface area contributed by atoms with Crippen LogP contribution in [0.1, 0.15) is 50.9 Å². The Hall–Kier alpha value is -1.32. The molecule has 3 N–H and O–H groups in total. The number of anilines is 2. The second kappa shape index (κ2) is 5.68. The number of hydrogen-bond acceptors (Lipinski definition) is 4. The fraction of sp³-hybridized carbons (Fsp3) is 0.667. The Bertz CT molecular complexity index is 347. The van der Waals surface area contributed by atoms with Crippen molar-refractivity contribution in [1.29, 1.82) is 0 Å². The summed E-state index contributed by atoms with van der Waals surface area (Å²) < 4.78 is 0. The Morgan fingerprint density at radius 1 is 1.31 bits per heavy atom. The summed E-state index contributed by atoms with van der Waals surface area (Å²) in [6, 6.07) is 0. The van der Waals surface area contributed by atoms with E-state index < -0.39 is 0 Å². The third-order valence-corrected chi connectivity index (χ3v) is 2.54. The third-order valence-electron chi connectivity index (χ3n) is 2.54. The molecule has 90 valence electrons. The Labute approximate surface area is 97.7 Å². The average molecular weight is 222 g/mol. The van der Waals surface area contributed by atoms with E-state index in [4.69, 9.17) is 5.73 Å². The molecule has 0 unspecified atom stereocenters. The van der Waals surface area contributed by atoms with Crippen LogP contribution in [0.4, 0.5) is 11.6 Å². The zero-order valence-corrected chi connectivity index (χ0v) is 10.7. The second-order valence-electron chi connectivity index (χ2n) is 4.38. The fourth-order valence-electron chi connectivity index (χ4n) is 1.37. The summed E-state index contributed by atoms with van der Waals surface area (Å²) in [5.74, 6) is 2.57. The van der Waals surface area contributed by atoms with Gasteiger partial charge in [-0.15, -0.1) is 0 Å². The first-order valence-corrected chi connectivity index (χ1v) is 5.94. The smallest absolute Gasteiger partial charge is 0.135 e. The van der Waals surface area contributed by atoms with E-state index in [2.05, 4.69) is 36.1 Å². The summed E-state index contributed by atoms with van der Waals surface area (Å²) in [4.78, 5) is 8.79. The quantitative estimate of drug-likeness (QED) is 0.752. The third kappa shape index (κ3) is 3.08. The molecule has 0 radical (unpaired) electrons. The summed E-state index contributed by atoms with van der Waals surface area (Å²) in [5, 5.41) is 3.32. The van der Waals surface area contributed by atoms with E-state index in [1.165, 1.54) is 6.42 Å². The van der Waals surface area contributed by atoms with Gasteiger partial charge in [-0.3, -0.25) is 0 Å². The van der Waals surface area contributed by atoms with Crippen molar-refractivity contribution < 1.29 is 0 Å². The summed E-state index contributed by atoms with van der Waals surface area (Å²) in [6.07, 6.45) is 2.31. The van der Waals surface area contributed by atoms with Crippen molar-refractivity contribution in [1.82, 2.24) is 9.97 Å². The molecule has 0 amide bonds. The van der Waals surface area contributed by atoms with Gasteiger partial charge >= 0.3 is 0 Å². The Kier molecular flexibility index (Phi) is 4.52. The topological polar surface area (TPSA) is 63.8 Å². The second-order valence-corrected chi connectivity index (χ2v) is 4.38. The molecule has 4 heteroatoms. The first-order chi connectivity index (χ1) is 7.56. The monoisotopic (exact) mass is 222 g/mol. The van der Waals surface area contributed by atoms with Gasteiger partial charge in [0.15, 0.2) is 0 Å². The van der Waals surface area contributed by atoms with Crippen LogP contribution in [0.2, 0.25) is 0 Å². The molecule has 1 rings (SSSR count). The molecular formula is C12H22N4. The highest BCUT2D eigenvalue weighted by Crippen LogP contribution is 2.20. The maximum absolute atomic E-state index is 5.87. The van der Waals surface area contributed by atoms with Gasteiger partial charge < -0.3 is 11.1 Å². The molecule has 0 atom stereocenters. The lowest BCUT2D eigenvalue weighted by Gasteiger charge is -2.13. The van der Waals surface area contributed by atoms with Gasteiger partial charge in [-0.25, -0.2) is 9.97 Å². The number of hydrogen-bond donors (Lipinski definition) is 2. The molecule has 16 heavy (non-hydrogen) atoms. The van der Waals surface area contributed by atoms with E-state index in [9.17, 15) is 0 Å². The molecule has 0 bridgehead atoms. The molecule has 1 aromatic heterocycles. The highest BCUT2D eigenvalue weighted by Gasteiger charge is 2.10. The first kappa shape index (κ1) is 12.7. The molecular weight excluding hydrogens is 200 g/mol. The van der Waals surface area contributed by atoms with Crippen molar-refractivity contribution in [2.24, 2.45) is 0 Å². The van der Waals surface area contributed by atoms with Crippen molar-refractivity contribution in [3.05, 3.63) is 11.4 Å². The molecule has 0 aliphatic heterocycles. The van der Waals surface area contributed by atoms with Gasteiger partial charge in [0.2, 0.25) is 0 Å². The predicted octanol–water partition coefficient (Wildman–Crippen LogP) is 2.70. The number of nitrogen functional groups attached to an aromatic ring is 1. The van der Waals surface area contributed by atoms with E-state index in [1.54, 1.807) is 0 Å². The lowest BCUT2D eigenvalue weighted by atomic mass is 10.2. The van der Waals surface area contributed by atoms with E-state index in [0.29, 0.717) is 11.7 Å². The molecule has 0 aliphatic carbocycles. The van der Waals surface area contributed by atoms with Gasteiger partial charge in [-0.2, -0.15) is 0 Å². The van der Waals surface area contributed by atoms with Gasteiger partial charge in [0.1, 0.15) is 17.5 Å². The van der Waals surface area contributed by atoms with Crippen molar-refractivity contribution >= 4 is 11.6 Å². The van der Waals surface area contributed by atoms with Crippen LogP contribution in [0.15, 0.2) is 0 Å². The molecule has 0 aromatic carbocycles. The van der Waals surface area contributed by atoms with Crippen LogP contribution in [0.5, 0.6) is 0 Å². The fourth-order valence-corrected chi connectivity index (χ4v) is 1.37. The number of nitrogens with zero attached hydrogens (tertiary/aromatic N) is 2. The molecule has 0 aliphatic rings. The molecule has 1 heterocycles. The minimum Gasteiger partial charge on any atom is -0.383 e. The van der Waals surface area contributed by atoms with Crippen LogP contribution in [-0.2, 0) is 0 Å². The van der Waals surface area contributed by atoms with Crippen LogP contribution in [-0.4, -0.2) is 16.5 Å². The lowest BCUT2D eigenvalue weighted by molar-refractivity contribution is 0.770. The Morgan fingerprint density at radius 2 is 2.00 bits per heavy atom. The minimum atomic E-state index is 0.301. The van der Waals surface area contributed by atoms with Gasteiger partial charge in [0.05, 0.1) is 0 Å². The minimum absolute atomic E-state index is 0.301. The molecule has 1 aromatic rings. The summed E-state index contributed by atoms with van der Waals surface area (Å²) in [7, 11) is 0. The van der Waals surface area contributed by atoms with Crippen LogP contribution < -0.4 is 11.1 Å². The first-order valence-electron chi connectivity index (χ1n) is 5.94. The lowest BCUT2D eigenvalue weighted by Crippen LogP contribution is -2.11. The number of nitrogens with two attached hydrogens (primary N) is 1. The molecule has 0 saturated heterocycles. The van der Waals surface area contributed by atoms with Crippen molar-refractivity contribution in [2.75, 3.05) is 17.6 Å². The average Bonchev–Trinajstić information content (AvgIpc) is 2.24. The van der Waals surface area contributed by atoms with Crippen molar-refractivity contribution in [3.63, 3.8) is 0 Å². The van der Waals surface area contributed by atoms with Crippen LogP contribution in [0.25, 0.3) is 0 Å². The predicted molar refractivity (Wildman–Crippen MR) is 68.7 cm³/mol. The number of unbranched alkanes of at least 4 members (excludes halogenated alkanes) is 1. The number of nitrogens with one attached hydrogen (secondary N) is 1. The van der Waals surface area contributed by atoms with E-state index >= 15 is 0 Å². The van der Waals surface area contributed by atoms with Crippen LogP contribution in [0.3, 0.4) is 0 Å². The van der Waals surface area contributed by atoms with Gasteiger partial charge in [0, 0.05) is 18.0 Å². The molecule has 0 spiro atoms. The maximum Gasteiger partial charge on any atom is 0.135 e. The van der Waals surface area contributed by atoms with Gasteiger partial charge in [-0.05, 0) is 13.3 Å². The standard InChI is InChI=1S/C12H22N4/c1-5-6-7-14-12-9(4)10(13)15-11(16-12)8(2)3/h8H,5-7H2,1-4H3,(H3,13,14,15,16). The number of rotatable bonds is 5. The summed E-state index contributed by atoms with van der Waals surface area (Å²) >= 11 is 0. The Morgan fingerprint density at radius 3 is 2.56 bits per heavy atom. The van der Waals surface area contributed by atoms with Gasteiger partial charge in [-0.1, -0.05) is 27.2 Å². The van der Waals surface area contributed by atoms with Crippen LogP contribution >= 0.6 is 0 Å². The highest BCUT2D eigenvalue weighted by atomic mass is 15.1. The van der Waals surface area contributed by atoms with Crippen LogP contribution in [0, 0.1) is 6.92 Å². The molecule has 0 saturated carbocycles. The van der Waals surface area contributed by atoms with E-state index in [1.807, 2.05) is 6.92 Å². The Balaban J connectivity index is 2.88. The normalized spacial score (nSPS) is 10.8. The van der Waals surface area contributed by atoms with E-state index in [-0.39, 0.29) is 0 Å². The van der Waals surface area contributed by atoms with Crippen molar-refractivity contribution in [3.8, 4) is 0 Å². The zero-order valence-electron chi connectivity index (χ0n) is 10.7.